The number of ether oxygens (including phenoxy) is 1. The minimum atomic E-state index is -3.91. The second-order valence-corrected chi connectivity index (χ2v) is 7.70. The number of methoxy groups -OCH3 is 1. The van der Waals surface area contributed by atoms with Crippen LogP contribution in [-0.2, 0) is 14.8 Å². The fourth-order valence-electron chi connectivity index (χ4n) is 2.52. The Hall–Kier alpha value is -2.16. The predicted molar refractivity (Wildman–Crippen MR) is 99.6 cm³/mol. The molecule has 6 nitrogen and oxygen atoms in total. The Morgan fingerprint density at radius 2 is 1.96 bits per heavy atom. The van der Waals surface area contributed by atoms with Crippen molar-refractivity contribution in [3.8, 4) is 11.1 Å². The van der Waals surface area contributed by atoms with Gasteiger partial charge in [-0.1, -0.05) is 35.9 Å². The number of anilines is 1. The number of nitrogens with one attached hydrogen (secondary N) is 2. The number of fused-ring (bicyclic) bond motifs is 1. The van der Waals surface area contributed by atoms with E-state index in [1.165, 1.54) is 18.2 Å². The number of para-hydroxylation sites is 1. The quantitative estimate of drug-likeness (QED) is 0.827. The second-order valence-electron chi connectivity index (χ2n) is 5.75. The average molecular weight is 398 g/mol. The smallest absolute Gasteiger partial charge is 0.287 e. The summed E-state index contributed by atoms with van der Waals surface area (Å²) in [7, 11) is -2.36. The summed E-state index contributed by atoms with van der Waals surface area (Å²) in [5, 5.41) is 5.79. The maximum Gasteiger partial charge on any atom is 0.287 e. The van der Waals surface area contributed by atoms with Crippen LogP contribution < -0.4 is 10.6 Å². The van der Waals surface area contributed by atoms with Crippen LogP contribution in [0.3, 0.4) is 0 Å². The lowest BCUT2D eigenvalue weighted by Gasteiger charge is -2.23. The Labute approximate surface area is 156 Å². The number of hydrogen-bond acceptors (Lipinski definition) is 5. The van der Waals surface area contributed by atoms with Gasteiger partial charge in [0.15, 0.2) is 0 Å². The molecule has 0 fully saturated rings. The molecule has 0 spiro atoms. The van der Waals surface area contributed by atoms with Crippen molar-refractivity contribution >= 4 is 33.3 Å². The fourth-order valence-corrected chi connectivity index (χ4v) is 3.87. The first-order valence-electron chi connectivity index (χ1n) is 7.79. The number of halogens is 2. The molecule has 1 aliphatic heterocycles. The molecule has 1 aliphatic rings. The first-order chi connectivity index (χ1) is 12.3. The summed E-state index contributed by atoms with van der Waals surface area (Å²) >= 11 is 6.08. The number of nitrogens with zero attached hydrogens (tertiary/aromatic N) is 1. The van der Waals surface area contributed by atoms with Gasteiger partial charge in [-0.2, -0.15) is 8.42 Å². The largest absolute Gasteiger partial charge is 0.380 e. The van der Waals surface area contributed by atoms with Crippen molar-refractivity contribution in [2.75, 3.05) is 19.0 Å². The molecular weight excluding hydrogens is 381 g/mol. The maximum atomic E-state index is 13.9. The van der Waals surface area contributed by atoms with Gasteiger partial charge in [0.2, 0.25) is 5.96 Å². The van der Waals surface area contributed by atoms with Crippen molar-refractivity contribution < 1.29 is 17.5 Å². The third-order valence-corrected chi connectivity index (χ3v) is 5.66. The first kappa shape index (κ1) is 18.6. The second kappa shape index (κ2) is 7.22. The Bertz CT molecular complexity index is 979. The molecule has 0 bridgehead atoms. The zero-order valence-electron chi connectivity index (χ0n) is 14.1. The fraction of sp³-hybridized carbons (Fsp3) is 0.235. The van der Waals surface area contributed by atoms with E-state index < -0.39 is 15.8 Å². The number of hydrogen-bond donors (Lipinski definition) is 2. The van der Waals surface area contributed by atoms with Gasteiger partial charge in [0.25, 0.3) is 10.0 Å². The summed E-state index contributed by atoms with van der Waals surface area (Å²) < 4.78 is 47.8. The first-order valence-corrected chi connectivity index (χ1v) is 9.61. The molecule has 1 atom stereocenters. The molecule has 2 aromatic rings. The number of benzene rings is 2. The van der Waals surface area contributed by atoms with Gasteiger partial charge in [0.05, 0.1) is 16.8 Å². The molecule has 26 heavy (non-hydrogen) atoms. The Morgan fingerprint density at radius 3 is 2.69 bits per heavy atom. The maximum absolute atomic E-state index is 13.9. The van der Waals surface area contributed by atoms with E-state index in [1.54, 1.807) is 25.3 Å². The summed E-state index contributed by atoms with van der Waals surface area (Å²) in [5.41, 5.74) is 1.14. The molecule has 138 valence electrons. The number of sulfonamides is 1. The van der Waals surface area contributed by atoms with Crippen molar-refractivity contribution in [3.63, 3.8) is 0 Å². The normalized spacial score (nSPS) is 16.2. The van der Waals surface area contributed by atoms with Crippen LogP contribution in [0.1, 0.15) is 6.92 Å². The summed E-state index contributed by atoms with van der Waals surface area (Å²) in [4.78, 5) is 0.000618. The van der Waals surface area contributed by atoms with E-state index >= 15 is 0 Å². The minimum Gasteiger partial charge on any atom is -0.380 e. The standard InChI is InChI=1S/C17H17ClFN3O3S/c1-10(25-2)9-20-17-21-16-12(11-5-3-7-13(19)15(11)18)6-4-8-14(16)26(23,24)22-17/h3-8,10H,9H2,1-2H3,(H2,20,21,22)/t10-/m1/s1. The zero-order chi connectivity index (χ0) is 18.9. The van der Waals surface area contributed by atoms with Crippen LogP contribution in [0.5, 0.6) is 0 Å². The molecule has 0 saturated heterocycles. The highest BCUT2D eigenvalue weighted by molar-refractivity contribution is 7.90. The molecule has 0 aromatic heterocycles. The van der Waals surface area contributed by atoms with Crippen LogP contribution in [0.15, 0.2) is 45.7 Å². The van der Waals surface area contributed by atoms with Gasteiger partial charge < -0.3 is 15.4 Å². The summed E-state index contributed by atoms with van der Waals surface area (Å²) in [5.74, 6) is -0.511. The lowest BCUT2D eigenvalue weighted by Crippen LogP contribution is -2.39. The topological polar surface area (TPSA) is 79.8 Å². The lowest BCUT2D eigenvalue weighted by molar-refractivity contribution is 0.121. The van der Waals surface area contributed by atoms with Crippen molar-refractivity contribution in [1.82, 2.24) is 5.32 Å². The van der Waals surface area contributed by atoms with E-state index in [9.17, 15) is 12.8 Å². The van der Waals surface area contributed by atoms with Gasteiger partial charge in [-0.15, -0.1) is 4.40 Å². The molecule has 2 aromatic carbocycles. The summed E-state index contributed by atoms with van der Waals surface area (Å²) in [6.07, 6.45) is -0.142. The highest BCUT2D eigenvalue weighted by Crippen LogP contribution is 2.39. The number of rotatable bonds is 4. The van der Waals surface area contributed by atoms with E-state index in [-0.39, 0.29) is 22.0 Å². The van der Waals surface area contributed by atoms with Crippen LogP contribution in [-0.4, -0.2) is 34.1 Å². The molecule has 0 amide bonds. The third-order valence-electron chi connectivity index (χ3n) is 3.96. The van der Waals surface area contributed by atoms with Crippen LogP contribution in [0.4, 0.5) is 10.1 Å². The van der Waals surface area contributed by atoms with Crippen LogP contribution in [0, 0.1) is 5.82 Å². The van der Waals surface area contributed by atoms with Gasteiger partial charge in [-0.05, 0) is 19.1 Å². The Balaban J connectivity index is 2.07. The van der Waals surface area contributed by atoms with Crippen molar-refractivity contribution in [2.45, 2.75) is 17.9 Å². The predicted octanol–water partition coefficient (Wildman–Crippen LogP) is 3.24. The highest BCUT2D eigenvalue weighted by Gasteiger charge is 2.28. The molecule has 1 heterocycles. The molecule has 0 unspecified atom stereocenters. The third kappa shape index (κ3) is 3.53. The molecule has 9 heteroatoms. The van der Waals surface area contributed by atoms with Crippen LogP contribution >= 0.6 is 11.6 Å². The van der Waals surface area contributed by atoms with Gasteiger partial charge >= 0.3 is 0 Å². The zero-order valence-corrected chi connectivity index (χ0v) is 15.7. The molecular formula is C17H17ClFN3O3S. The van der Waals surface area contributed by atoms with Gasteiger partial charge in [-0.25, -0.2) is 4.39 Å². The SMILES string of the molecule is CO[C@H](C)CNC1=NS(=O)(=O)c2cccc(-c3cccc(F)c3Cl)c2N1. The van der Waals surface area contributed by atoms with E-state index in [4.69, 9.17) is 16.3 Å². The monoisotopic (exact) mass is 397 g/mol. The molecule has 0 saturated carbocycles. The van der Waals surface area contributed by atoms with Gasteiger partial charge in [0.1, 0.15) is 10.7 Å². The molecule has 3 rings (SSSR count). The van der Waals surface area contributed by atoms with E-state index in [1.807, 2.05) is 6.92 Å². The van der Waals surface area contributed by atoms with E-state index in [0.717, 1.165) is 0 Å². The molecule has 0 aliphatic carbocycles. The van der Waals surface area contributed by atoms with Crippen molar-refractivity contribution in [1.29, 1.82) is 0 Å². The van der Waals surface area contributed by atoms with Crippen LogP contribution in [0.2, 0.25) is 5.02 Å². The van der Waals surface area contributed by atoms with Crippen molar-refractivity contribution in [3.05, 3.63) is 47.2 Å². The van der Waals surface area contributed by atoms with E-state index in [2.05, 4.69) is 15.0 Å². The highest BCUT2D eigenvalue weighted by atomic mass is 35.5. The lowest BCUT2D eigenvalue weighted by atomic mass is 10.0. The van der Waals surface area contributed by atoms with Gasteiger partial charge in [0, 0.05) is 24.8 Å². The Kier molecular flexibility index (Phi) is 5.17. The molecule has 0 radical (unpaired) electrons. The van der Waals surface area contributed by atoms with E-state index in [0.29, 0.717) is 23.4 Å². The Morgan fingerprint density at radius 1 is 1.27 bits per heavy atom. The van der Waals surface area contributed by atoms with Crippen molar-refractivity contribution in [2.24, 2.45) is 4.40 Å². The summed E-state index contributed by atoms with van der Waals surface area (Å²) in [6, 6.07) is 9.05. The molecule has 2 N–H and O–H groups in total. The summed E-state index contributed by atoms with van der Waals surface area (Å²) in [6.45, 7) is 2.19. The van der Waals surface area contributed by atoms with Gasteiger partial charge in [-0.3, -0.25) is 0 Å². The number of guanidine groups is 1. The van der Waals surface area contributed by atoms with Crippen LogP contribution in [0.25, 0.3) is 11.1 Å². The average Bonchev–Trinajstić information content (AvgIpc) is 2.61. The minimum absolute atomic E-state index is 0.000618.